The molecule has 0 aromatic heterocycles. The molecular weight excluding hydrogens is 200 g/mol. The second-order valence-corrected chi connectivity index (χ2v) is 5.70. The zero-order valence-electron chi connectivity index (χ0n) is 9.08. The quantitative estimate of drug-likeness (QED) is 0.510. The van der Waals surface area contributed by atoms with Crippen molar-refractivity contribution >= 4 is 10.1 Å². The van der Waals surface area contributed by atoms with Crippen LogP contribution in [0.5, 0.6) is 0 Å². The summed E-state index contributed by atoms with van der Waals surface area (Å²) in [7, 11) is -3.14. The third kappa shape index (κ3) is 2.95. The predicted molar refractivity (Wildman–Crippen MR) is 56.7 cm³/mol. The first-order chi connectivity index (χ1) is 6.54. The van der Waals surface area contributed by atoms with Crippen LogP contribution in [0.3, 0.4) is 0 Å². The number of hydrogen-bond donors (Lipinski definition) is 0. The van der Waals surface area contributed by atoms with Gasteiger partial charge >= 0.3 is 0 Å². The van der Waals surface area contributed by atoms with Crippen LogP contribution in [-0.4, -0.2) is 19.8 Å². The third-order valence-electron chi connectivity index (χ3n) is 2.87. The molecule has 84 valence electrons. The average molecular weight is 220 g/mol. The van der Waals surface area contributed by atoms with Gasteiger partial charge in [0.25, 0.3) is 10.1 Å². The van der Waals surface area contributed by atoms with E-state index in [1.54, 1.807) is 0 Å². The Morgan fingerprint density at radius 2 is 1.86 bits per heavy atom. The van der Waals surface area contributed by atoms with Crippen LogP contribution in [0.25, 0.3) is 0 Å². The maximum absolute atomic E-state index is 10.9. The Morgan fingerprint density at radius 1 is 1.21 bits per heavy atom. The van der Waals surface area contributed by atoms with Crippen molar-refractivity contribution < 1.29 is 12.6 Å². The summed E-state index contributed by atoms with van der Waals surface area (Å²) < 4.78 is 26.9. The molecule has 1 aliphatic heterocycles. The largest absolute Gasteiger partial charge is 0.270 e. The highest BCUT2D eigenvalue weighted by atomic mass is 32.2. The lowest BCUT2D eigenvalue weighted by Crippen LogP contribution is -2.52. The van der Waals surface area contributed by atoms with E-state index >= 15 is 0 Å². The minimum Gasteiger partial charge on any atom is -0.262 e. The maximum atomic E-state index is 10.9. The van der Waals surface area contributed by atoms with Gasteiger partial charge < -0.3 is 0 Å². The summed E-state index contributed by atoms with van der Waals surface area (Å²) >= 11 is 0. The molecule has 0 N–H and O–H groups in total. The first-order valence-corrected chi connectivity index (χ1v) is 7.05. The topological polar surface area (TPSA) is 43.4 Å². The summed E-state index contributed by atoms with van der Waals surface area (Å²) in [6.45, 7) is 4.16. The second-order valence-electron chi connectivity index (χ2n) is 4.13. The summed E-state index contributed by atoms with van der Waals surface area (Å²) in [5.74, 6) is 0.225. The third-order valence-corrected chi connectivity index (χ3v) is 4.36. The highest BCUT2D eigenvalue weighted by Gasteiger charge is 2.48. The summed E-state index contributed by atoms with van der Waals surface area (Å²) in [6, 6.07) is 0. The fourth-order valence-corrected chi connectivity index (χ4v) is 3.63. The average Bonchev–Trinajstić information content (AvgIpc) is 2.09. The molecule has 1 unspecified atom stereocenters. The van der Waals surface area contributed by atoms with E-state index in [0.29, 0.717) is 0 Å². The SMILES string of the molecule is CCCCCCC1(CC)CS(=O)(=O)O1. The Labute approximate surface area is 87.0 Å². The molecule has 0 bridgehead atoms. The minimum atomic E-state index is -3.14. The van der Waals surface area contributed by atoms with Crippen molar-refractivity contribution in [1.82, 2.24) is 0 Å². The van der Waals surface area contributed by atoms with Gasteiger partial charge in [0.1, 0.15) is 11.4 Å². The Balaban J connectivity index is 2.28. The molecule has 1 atom stereocenters. The van der Waals surface area contributed by atoms with E-state index in [1.165, 1.54) is 19.3 Å². The van der Waals surface area contributed by atoms with Gasteiger partial charge in [-0.2, -0.15) is 8.42 Å². The van der Waals surface area contributed by atoms with Gasteiger partial charge in [-0.1, -0.05) is 39.5 Å². The first-order valence-electron chi connectivity index (χ1n) is 5.47. The first kappa shape index (κ1) is 12.0. The van der Waals surface area contributed by atoms with Gasteiger partial charge in [-0.05, 0) is 12.8 Å². The Kier molecular flexibility index (Phi) is 3.95. The number of rotatable bonds is 6. The monoisotopic (exact) mass is 220 g/mol. The highest BCUT2D eigenvalue weighted by molar-refractivity contribution is 7.88. The van der Waals surface area contributed by atoms with Gasteiger partial charge in [-0.3, -0.25) is 4.18 Å². The van der Waals surface area contributed by atoms with Gasteiger partial charge in [0, 0.05) is 0 Å². The molecule has 14 heavy (non-hydrogen) atoms. The van der Waals surface area contributed by atoms with Crippen LogP contribution < -0.4 is 0 Å². The van der Waals surface area contributed by atoms with E-state index in [-0.39, 0.29) is 11.4 Å². The van der Waals surface area contributed by atoms with Crippen molar-refractivity contribution in [3.8, 4) is 0 Å². The smallest absolute Gasteiger partial charge is 0.262 e. The summed E-state index contributed by atoms with van der Waals surface area (Å²) in [4.78, 5) is 0. The summed E-state index contributed by atoms with van der Waals surface area (Å²) in [6.07, 6.45) is 6.39. The van der Waals surface area contributed by atoms with Crippen molar-refractivity contribution in [3.63, 3.8) is 0 Å². The van der Waals surface area contributed by atoms with Gasteiger partial charge in [0.2, 0.25) is 0 Å². The van der Waals surface area contributed by atoms with E-state index in [1.807, 2.05) is 6.92 Å². The van der Waals surface area contributed by atoms with Crippen LogP contribution in [0, 0.1) is 0 Å². The molecule has 0 aromatic rings. The van der Waals surface area contributed by atoms with Crippen molar-refractivity contribution in [2.75, 3.05) is 5.75 Å². The number of hydrogen-bond acceptors (Lipinski definition) is 3. The van der Waals surface area contributed by atoms with Crippen LogP contribution in [0.2, 0.25) is 0 Å². The van der Waals surface area contributed by atoms with E-state index < -0.39 is 10.1 Å². The lowest BCUT2D eigenvalue weighted by molar-refractivity contribution is 0.0384. The van der Waals surface area contributed by atoms with Gasteiger partial charge in [-0.15, -0.1) is 0 Å². The van der Waals surface area contributed by atoms with Crippen molar-refractivity contribution in [1.29, 1.82) is 0 Å². The summed E-state index contributed by atoms with van der Waals surface area (Å²) in [5.41, 5.74) is -0.341. The van der Waals surface area contributed by atoms with E-state index in [9.17, 15) is 8.42 Å². The van der Waals surface area contributed by atoms with E-state index in [4.69, 9.17) is 4.18 Å². The molecule has 0 spiro atoms. The molecule has 1 fully saturated rings. The van der Waals surface area contributed by atoms with Crippen LogP contribution in [0.4, 0.5) is 0 Å². The number of unbranched alkanes of at least 4 members (excludes halogenated alkanes) is 3. The van der Waals surface area contributed by atoms with Crippen LogP contribution >= 0.6 is 0 Å². The molecule has 1 saturated heterocycles. The second kappa shape index (κ2) is 4.62. The van der Waals surface area contributed by atoms with Crippen molar-refractivity contribution in [2.24, 2.45) is 0 Å². The highest BCUT2D eigenvalue weighted by Crippen LogP contribution is 2.36. The van der Waals surface area contributed by atoms with E-state index in [2.05, 4.69) is 6.92 Å². The molecule has 0 saturated carbocycles. The Hall–Kier alpha value is -0.0900. The van der Waals surface area contributed by atoms with Gasteiger partial charge in [-0.25, -0.2) is 0 Å². The Morgan fingerprint density at radius 3 is 2.29 bits per heavy atom. The summed E-state index contributed by atoms with van der Waals surface area (Å²) in [5, 5.41) is 0. The zero-order valence-corrected chi connectivity index (χ0v) is 9.90. The van der Waals surface area contributed by atoms with Crippen molar-refractivity contribution in [3.05, 3.63) is 0 Å². The maximum Gasteiger partial charge on any atom is 0.270 e. The molecule has 4 heteroatoms. The molecule has 0 aliphatic carbocycles. The molecule has 1 heterocycles. The Bertz CT molecular complexity index is 257. The molecular formula is C10H20O3S. The zero-order chi connectivity index (χ0) is 10.7. The van der Waals surface area contributed by atoms with Crippen LogP contribution in [0.15, 0.2) is 0 Å². The molecule has 0 amide bonds. The minimum absolute atomic E-state index is 0.225. The van der Waals surface area contributed by atoms with Gasteiger partial charge in [0.15, 0.2) is 0 Å². The molecule has 0 aromatic carbocycles. The van der Waals surface area contributed by atoms with Crippen molar-refractivity contribution in [2.45, 2.75) is 58.0 Å². The lowest BCUT2D eigenvalue weighted by Gasteiger charge is -2.39. The lowest BCUT2D eigenvalue weighted by atomic mass is 9.95. The van der Waals surface area contributed by atoms with Crippen LogP contribution in [0.1, 0.15) is 52.4 Å². The molecule has 1 rings (SSSR count). The van der Waals surface area contributed by atoms with Gasteiger partial charge in [0.05, 0.1) is 0 Å². The molecule has 3 nitrogen and oxygen atoms in total. The van der Waals surface area contributed by atoms with E-state index in [0.717, 1.165) is 19.3 Å². The fourth-order valence-electron chi connectivity index (χ4n) is 1.91. The van der Waals surface area contributed by atoms with Crippen LogP contribution in [-0.2, 0) is 14.3 Å². The molecule has 1 aliphatic rings. The molecule has 0 radical (unpaired) electrons. The fraction of sp³-hybridized carbons (Fsp3) is 1.00. The normalized spacial score (nSPS) is 29.9. The standard InChI is InChI=1S/C10H20O3S/c1-3-5-6-7-8-10(4-2)9-14(11,12)13-10/h3-9H2,1-2H3. The predicted octanol–water partition coefficient (Wildman–Crippen LogP) is 2.47.